The van der Waals surface area contributed by atoms with Gasteiger partial charge in [-0.3, -0.25) is 4.57 Å². The van der Waals surface area contributed by atoms with E-state index in [2.05, 4.69) is 54.6 Å². The zero-order valence-corrected chi connectivity index (χ0v) is 25.2. The van der Waals surface area contributed by atoms with Crippen molar-refractivity contribution in [3.05, 3.63) is 34.6 Å². The minimum atomic E-state index is -5.19. The highest BCUT2D eigenvalue weighted by Crippen LogP contribution is 2.43. The van der Waals surface area contributed by atoms with Gasteiger partial charge >= 0.3 is 12.4 Å². The van der Waals surface area contributed by atoms with Crippen LogP contribution in [0, 0.1) is 10.8 Å². The van der Waals surface area contributed by atoms with Gasteiger partial charge in [-0.1, -0.05) is 32.4 Å². The van der Waals surface area contributed by atoms with Gasteiger partial charge in [-0.05, 0) is 25.1 Å². The smallest absolute Gasteiger partial charge is 0.430 e. The summed E-state index contributed by atoms with van der Waals surface area (Å²) in [6, 6.07) is 6.64. The van der Waals surface area contributed by atoms with Crippen LogP contribution < -0.4 is 25.3 Å². The Morgan fingerprint density at radius 3 is 1.93 bits per heavy atom. The third-order valence-corrected chi connectivity index (χ3v) is 8.77. The van der Waals surface area contributed by atoms with Crippen LogP contribution in [0.2, 0.25) is 5.02 Å². The Labute approximate surface area is 254 Å². The van der Waals surface area contributed by atoms with Gasteiger partial charge in [-0.25, -0.2) is 0 Å². The van der Waals surface area contributed by atoms with Crippen LogP contribution in [0.4, 0.5) is 32.3 Å². The van der Waals surface area contributed by atoms with E-state index in [9.17, 15) is 26.3 Å². The summed E-state index contributed by atoms with van der Waals surface area (Å²) in [5, 5.41) is 30.5. The fraction of sp³-hybridized carbons (Fsp3) is 0.630. The number of aliphatic carboxylic acids is 2. The third-order valence-electron chi connectivity index (χ3n) is 8.54. The number of nitrogens with zero attached hydrogens (tertiary/aromatic N) is 4. The molecular weight excluding hydrogens is 622 g/mol. The second kappa shape index (κ2) is 11.4. The first-order valence-corrected chi connectivity index (χ1v) is 14.2. The number of benzene rings is 1. The topological polar surface area (TPSA) is 135 Å². The molecule has 0 radical (unpaired) electrons. The summed E-state index contributed by atoms with van der Waals surface area (Å²) in [4.78, 5) is 21.6. The zero-order chi connectivity index (χ0) is 33.0. The first-order valence-electron chi connectivity index (χ1n) is 13.8. The van der Waals surface area contributed by atoms with Crippen molar-refractivity contribution in [1.29, 1.82) is 0 Å². The zero-order valence-electron chi connectivity index (χ0n) is 24.4. The van der Waals surface area contributed by atoms with E-state index in [0.717, 1.165) is 36.4 Å². The fourth-order valence-corrected chi connectivity index (χ4v) is 6.18. The largest absolute Gasteiger partial charge is 0.542 e. The standard InChI is InChI=1S/C23H31ClN6.2C2HF3O2/c1-21(2,3)18-19-26-27-20(28-13-23(14-28)11-25-12-23)30(19)17-6-5-16(24)9-15(17)10-29(18)22(4)7-8-22;2*3-2(4,5)1(6)7/h5-6,9,18,25H,7-8,10-14H2,1-4H3;2*(H,6,7). The quantitative estimate of drug-likeness (QED) is 0.434. The Hall–Kier alpha value is -3.11. The van der Waals surface area contributed by atoms with Gasteiger partial charge < -0.3 is 34.9 Å². The van der Waals surface area contributed by atoms with E-state index in [1.165, 1.54) is 37.2 Å². The van der Waals surface area contributed by atoms with Gasteiger partial charge in [-0.2, -0.15) is 26.3 Å². The van der Waals surface area contributed by atoms with Crippen molar-refractivity contribution < 1.29 is 56.4 Å². The number of rotatable bonds is 2. The van der Waals surface area contributed by atoms with Crippen LogP contribution in [0.25, 0.3) is 5.69 Å². The Balaban J connectivity index is 0.000000265. The molecule has 1 aromatic heterocycles. The number of carboxylic acids is 2. The van der Waals surface area contributed by atoms with Gasteiger partial charge in [0.15, 0.2) is 11.9 Å². The lowest BCUT2D eigenvalue weighted by Crippen LogP contribution is -3.17. The molecule has 0 amide bonds. The van der Waals surface area contributed by atoms with Gasteiger partial charge in [0.05, 0.1) is 24.3 Å². The molecule has 2 unspecified atom stereocenters. The number of aromatic nitrogens is 3. The molecule has 1 saturated carbocycles. The second-order valence-corrected chi connectivity index (χ2v) is 13.6. The lowest BCUT2D eigenvalue weighted by molar-refractivity contribution is -0.984. The van der Waals surface area contributed by atoms with E-state index in [0.29, 0.717) is 11.0 Å². The Kier molecular flexibility index (Phi) is 8.72. The maximum absolute atomic E-state index is 10.5. The van der Waals surface area contributed by atoms with E-state index in [1.807, 2.05) is 6.07 Å². The highest BCUT2D eigenvalue weighted by Gasteiger charge is 2.57. The van der Waals surface area contributed by atoms with Gasteiger partial charge in [0, 0.05) is 41.9 Å². The first-order chi connectivity index (χ1) is 20.1. The van der Waals surface area contributed by atoms with Crippen molar-refractivity contribution in [2.45, 2.75) is 71.0 Å². The number of carbonyl (C=O) groups excluding carboxylic acids is 2. The number of anilines is 1. The third kappa shape index (κ3) is 6.91. The van der Waals surface area contributed by atoms with Crippen molar-refractivity contribution >= 4 is 29.5 Å². The van der Waals surface area contributed by atoms with E-state index in [-0.39, 0.29) is 11.5 Å². The number of fused-ring (bicyclic) bond motifs is 3. The summed E-state index contributed by atoms with van der Waals surface area (Å²) in [7, 11) is 0. The van der Waals surface area contributed by atoms with Crippen LogP contribution >= 0.6 is 11.6 Å². The summed E-state index contributed by atoms with van der Waals surface area (Å²) >= 11 is 6.48. The van der Waals surface area contributed by atoms with Gasteiger partial charge in [0.25, 0.3) is 0 Å². The summed E-state index contributed by atoms with van der Waals surface area (Å²) in [6.07, 6.45) is -7.84. The highest BCUT2D eigenvalue weighted by atomic mass is 35.5. The molecule has 1 aliphatic carbocycles. The summed E-state index contributed by atoms with van der Waals surface area (Å²) in [6.45, 7) is 15.2. The number of nitrogens with one attached hydrogen (secondary N) is 1. The average Bonchev–Trinajstić information content (AvgIpc) is 3.47. The van der Waals surface area contributed by atoms with Crippen LogP contribution in [-0.4, -0.2) is 70.8 Å². The van der Waals surface area contributed by atoms with Crippen molar-refractivity contribution in [3.8, 4) is 5.69 Å². The molecule has 1 aromatic carbocycles. The summed E-state index contributed by atoms with van der Waals surface area (Å²) in [5.74, 6) is -3.88. The second-order valence-electron chi connectivity index (χ2n) is 13.2. The molecule has 244 valence electrons. The molecule has 44 heavy (non-hydrogen) atoms. The minimum absolute atomic E-state index is 0.0773. The molecule has 3 N–H and O–H groups in total. The molecule has 3 fully saturated rings. The van der Waals surface area contributed by atoms with E-state index in [1.54, 1.807) is 4.90 Å². The van der Waals surface area contributed by atoms with Crippen LogP contribution in [0.1, 0.15) is 58.0 Å². The number of carboxylic acid groups (broad SMARTS) is 2. The predicted molar refractivity (Wildman–Crippen MR) is 139 cm³/mol. The number of hydrogen-bond acceptors (Lipinski definition) is 7. The number of hydrogen-bond donors (Lipinski definition) is 2. The predicted octanol–water partition coefficient (Wildman–Crippen LogP) is -0.0605. The van der Waals surface area contributed by atoms with Crippen molar-refractivity contribution in [2.24, 2.45) is 10.8 Å². The number of quaternary nitrogens is 2. The molecule has 0 bridgehead atoms. The number of carbonyl (C=O) groups is 2. The molecule has 6 rings (SSSR count). The van der Waals surface area contributed by atoms with Crippen LogP contribution in [-0.2, 0) is 16.1 Å². The van der Waals surface area contributed by atoms with Crippen molar-refractivity contribution in [3.63, 3.8) is 0 Å². The maximum Gasteiger partial charge on any atom is 0.430 e. The molecule has 10 nitrogen and oxygen atoms in total. The Morgan fingerprint density at radius 2 is 1.52 bits per heavy atom. The number of halogens is 7. The number of alkyl halides is 6. The number of nitrogens with two attached hydrogens (primary N) is 1. The molecule has 4 heterocycles. The van der Waals surface area contributed by atoms with Gasteiger partial charge in [-0.15, -0.1) is 10.2 Å². The normalized spacial score (nSPS) is 22.8. The van der Waals surface area contributed by atoms with Crippen LogP contribution in [0.5, 0.6) is 0 Å². The maximum atomic E-state index is 10.5. The van der Waals surface area contributed by atoms with E-state index < -0.39 is 24.3 Å². The minimum Gasteiger partial charge on any atom is -0.542 e. The van der Waals surface area contributed by atoms with E-state index in [4.69, 9.17) is 41.6 Å². The monoisotopic (exact) mass is 654 g/mol. The molecule has 3 aliphatic heterocycles. The van der Waals surface area contributed by atoms with Crippen molar-refractivity contribution in [1.82, 2.24) is 14.8 Å². The molecule has 2 aromatic rings. The van der Waals surface area contributed by atoms with Crippen LogP contribution in [0.15, 0.2) is 18.2 Å². The lowest BCUT2D eigenvalue weighted by atomic mass is 9.75. The SMILES string of the molecule is CC(C)(C)C1c2nnc(N3CC4(C[NH2+]C4)C3)n2-c2ccc(Cl)cc2C[NH+]1C1(C)CC1.O=C([O-])C(F)(F)F.O=C([O-])C(F)(F)F. The summed E-state index contributed by atoms with van der Waals surface area (Å²) < 4.78 is 65.5. The Morgan fingerprint density at radius 1 is 1.00 bits per heavy atom. The van der Waals surface area contributed by atoms with E-state index >= 15 is 0 Å². The average molecular weight is 655 g/mol. The molecule has 2 saturated heterocycles. The fourth-order valence-electron chi connectivity index (χ4n) is 5.98. The molecule has 4 aliphatic rings. The lowest BCUT2D eigenvalue weighted by Gasteiger charge is -2.52. The first kappa shape index (κ1) is 33.8. The molecule has 1 spiro atoms. The molecular formula is C27H33ClF6N6O4. The van der Waals surface area contributed by atoms with Crippen LogP contribution in [0.3, 0.4) is 0 Å². The molecule has 2 atom stereocenters. The summed E-state index contributed by atoms with van der Waals surface area (Å²) in [5.41, 5.74) is 3.41. The highest BCUT2D eigenvalue weighted by molar-refractivity contribution is 6.30. The Bertz CT molecular complexity index is 1380. The molecule has 17 heteroatoms. The van der Waals surface area contributed by atoms with Gasteiger partial charge in [0.2, 0.25) is 5.95 Å². The van der Waals surface area contributed by atoms with Gasteiger partial charge in [0.1, 0.15) is 23.9 Å². The van der Waals surface area contributed by atoms with Crippen molar-refractivity contribution in [2.75, 3.05) is 31.1 Å².